The number of nitrogens with zero attached hydrogens (tertiary/aromatic N) is 1. The lowest BCUT2D eigenvalue weighted by Crippen LogP contribution is -2.43. The summed E-state index contributed by atoms with van der Waals surface area (Å²) in [6.45, 7) is 1.65. The van der Waals surface area contributed by atoms with Crippen molar-refractivity contribution in [2.24, 2.45) is 5.92 Å². The van der Waals surface area contributed by atoms with E-state index in [1.807, 2.05) is 0 Å². The van der Waals surface area contributed by atoms with E-state index < -0.39 is 11.9 Å². The van der Waals surface area contributed by atoms with Crippen molar-refractivity contribution < 1.29 is 17.6 Å². The number of hydrogen-bond acceptors (Lipinski definition) is 3. The van der Waals surface area contributed by atoms with Gasteiger partial charge in [0.15, 0.2) is 5.89 Å². The van der Waals surface area contributed by atoms with E-state index in [9.17, 15) is 13.2 Å². The predicted molar refractivity (Wildman–Crippen MR) is 41.6 cm³/mol. The van der Waals surface area contributed by atoms with Crippen LogP contribution >= 0.6 is 0 Å². The lowest BCUT2D eigenvalue weighted by Gasteiger charge is -2.25. The van der Waals surface area contributed by atoms with Crippen LogP contribution in [0, 0.1) is 5.92 Å². The largest absolute Gasteiger partial charge is 0.451 e. The maximum absolute atomic E-state index is 12.1. The molecule has 14 heavy (non-hydrogen) atoms. The maximum Gasteiger partial charge on any atom is 0.451 e. The summed E-state index contributed by atoms with van der Waals surface area (Å²) >= 11 is 0. The summed E-state index contributed by atoms with van der Waals surface area (Å²) in [4.78, 5) is 3.59. The number of hydrogen-bond donors (Lipinski definition) is 1. The third-order valence-corrected chi connectivity index (χ3v) is 2.16. The number of halogens is 3. The van der Waals surface area contributed by atoms with Crippen LogP contribution in [0.25, 0.3) is 0 Å². The fourth-order valence-electron chi connectivity index (χ4n) is 1.28. The van der Waals surface area contributed by atoms with E-state index in [2.05, 4.69) is 14.7 Å². The molecule has 1 saturated heterocycles. The van der Waals surface area contributed by atoms with Gasteiger partial charge in [-0.3, -0.25) is 0 Å². The molecule has 78 valence electrons. The first-order valence-corrected chi connectivity index (χ1v) is 4.28. The van der Waals surface area contributed by atoms with Gasteiger partial charge in [-0.15, -0.1) is 0 Å². The second-order valence-electron chi connectivity index (χ2n) is 3.34. The van der Waals surface area contributed by atoms with Crippen molar-refractivity contribution in [1.29, 1.82) is 0 Å². The maximum atomic E-state index is 12.1. The number of oxazole rings is 1. The zero-order valence-electron chi connectivity index (χ0n) is 7.27. The summed E-state index contributed by atoms with van der Waals surface area (Å²) in [5, 5.41) is 3.03. The second-order valence-corrected chi connectivity index (χ2v) is 3.34. The highest BCUT2D eigenvalue weighted by atomic mass is 19.4. The van der Waals surface area contributed by atoms with Gasteiger partial charge in [-0.1, -0.05) is 0 Å². The minimum absolute atomic E-state index is 0.170. The van der Waals surface area contributed by atoms with Gasteiger partial charge in [0.05, 0.1) is 6.20 Å². The van der Waals surface area contributed by atoms with E-state index in [1.165, 1.54) is 0 Å². The predicted octanol–water partition coefficient (Wildman–Crippen LogP) is 1.46. The number of alkyl halides is 3. The molecular formula is C8H9F3N2O. The first kappa shape index (κ1) is 9.51. The highest BCUT2D eigenvalue weighted by Crippen LogP contribution is 2.30. The summed E-state index contributed by atoms with van der Waals surface area (Å²) in [6, 6.07) is 0. The first-order chi connectivity index (χ1) is 6.55. The van der Waals surface area contributed by atoms with Gasteiger partial charge in [0, 0.05) is 6.42 Å². The molecule has 2 rings (SSSR count). The monoisotopic (exact) mass is 206 g/mol. The van der Waals surface area contributed by atoms with Crippen LogP contribution in [0.4, 0.5) is 13.2 Å². The van der Waals surface area contributed by atoms with Crippen LogP contribution in [0.2, 0.25) is 0 Å². The van der Waals surface area contributed by atoms with E-state index in [0.717, 1.165) is 19.3 Å². The van der Waals surface area contributed by atoms with Crippen LogP contribution < -0.4 is 5.32 Å². The van der Waals surface area contributed by atoms with Gasteiger partial charge in [-0.25, -0.2) is 4.98 Å². The second kappa shape index (κ2) is 3.27. The Balaban J connectivity index is 2.02. The molecule has 0 spiro atoms. The van der Waals surface area contributed by atoms with E-state index >= 15 is 0 Å². The summed E-state index contributed by atoms with van der Waals surface area (Å²) in [7, 11) is 0. The van der Waals surface area contributed by atoms with Crippen LogP contribution in [-0.4, -0.2) is 18.1 Å². The topological polar surface area (TPSA) is 38.1 Å². The first-order valence-electron chi connectivity index (χ1n) is 4.28. The van der Waals surface area contributed by atoms with Crippen LogP contribution in [0.5, 0.6) is 0 Å². The minimum atomic E-state index is -4.43. The van der Waals surface area contributed by atoms with Gasteiger partial charge in [0.25, 0.3) is 0 Å². The molecule has 1 fully saturated rings. The number of aromatic nitrogens is 1. The molecule has 1 aromatic rings. The average molecular weight is 206 g/mol. The smallest absolute Gasteiger partial charge is 0.436 e. The Morgan fingerprint density at radius 1 is 1.50 bits per heavy atom. The minimum Gasteiger partial charge on any atom is -0.436 e. The summed E-state index contributed by atoms with van der Waals surface area (Å²) < 4.78 is 40.9. The van der Waals surface area contributed by atoms with Crippen molar-refractivity contribution in [3.8, 4) is 0 Å². The lowest BCUT2D eigenvalue weighted by molar-refractivity contribution is -0.153. The number of nitrogens with one attached hydrogen (secondary N) is 1. The fraction of sp³-hybridized carbons (Fsp3) is 0.625. The molecule has 1 aliphatic heterocycles. The van der Waals surface area contributed by atoms with E-state index in [1.54, 1.807) is 0 Å². The molecule has 1 N–H and O–H groups in total. The summed E-state index contributed by atoms with van der Waals surface area (Å²) in [6.07, 6.45) is -3.21. The molecule has 0 aliphatic carbocycles. The van der Waals surface area contributed by atoms with Crippen molar-refractivity contribution in [2.75, 3.05) is 13.1 Å². The van der Waals surface area contributed by atoms with Gasteiger partial charge in [0.1, 0.15) is 0 Å². The third-order valence-electron chi connectivity index (χ3n) is 2.16. The van der Waals surface area contributed by atoms with Gasteiger partial charge < -0.3 is 9.73 Å². The molecule has 1 aromatic heterocycles. The molecule has 3 nitrogen and oxygen atoms in total. The van der Waals surface area contributed by atoms with E-state index in [4.69, 9.17) is 0 Å². The van der Waals surface area contributed by atoms with Gasteiger partial charge >= 0.3 is 6.18 Å². The quantitative estimate of drug-likeness (QED) is 0.795. The molecule has 0 unspecified atom stereocenters. The van der Waals surface area contributed by atoms with Crippen LogP contribution in [0.1, 0.15) is 11.7 Å². The van der Waals surface area contributed by atoms with Crippen LogP contribution in [0.3, 0.4) is 0 Å². The SMILES string of the molecule is FC(F)(F)c1cnc(CC2CNC2)o1. The molecular weight excluding hydrogens is 197 g/mol. The van der Waals surface area contributed by atoms with Crippen molar-refractivity contribution in [3.05, 3.63) is 17.8 Å². The van der Waals surface area contributed by atoms with Gasteiger partial charge in [0.2, 0.25) is 5.76 Å². The standard InChI is InChI=1S/C8H9F3N2O/c9-8(10,11)6-4-13-7(14-6)1-5-2-12-3-5/h4-5,12H,1-3H2. The number of rotatable bonds is 2. The van der Waals surface area contributed by atoms with Crippen LogP contribution in [0.15, 0.2) is 10.6 Å². The fourth-order valence-corrected chi connectivity index (χ4v) is 1.28. The molecule has 0 radical (unpaired) electrons. The Kier molecular flexibility index (Phi) is 2.22. The Morgan fingerprint density at radius 2 is 2.21 bits per heavy atom. The van der Waals surface area contributed by atoms with E-state index in [0.29, 0.717) is 12.3 Å². The van der Waals surface area contributed by atoms with E-state index in [-0.39, 0.29) is 5.89 Å². The molecule has 0 bridgehead atoms. The highest BCUT2D eigenvalue weighted by molar-refractivity contribution is 4.99. The zero-order chi connectivity index (χ0) is 10.2. The van der Waals surface area contributed by atoms with Crippen molar-refractivity contribution in [2.45, 2.75) is 12.6 Å². The lowest BCUT2D eigenvalue weighted by atomic mass is 10.00. The van der Waals surface area contributed by atoms with Crippen molar-refractivity contribution in [3.63, 3.8) is 0 Å². The highest BCUT2D eigenvalue weighted by Gasteiger charge is 2.35. The molecule has 6 heteroatoms. The van der Waals surface area contributed by atoms with Gasteiger partial charge in [-0.2, -0.15) is 13.2 Å². The molecule has 0 amide bonds. The molecule has 2 heterocycles. The van der Waals surface area contributed by atoms with Crippen molar-refractivity contribution in [1.82, 2.24) is 10.3 Å². The molecule has 0 saturated carbocycles. The molecule has 0 atom stereocenters. The normalized spacial score (nSPS) is 18.2. The van der Waals surface area contributed by atoms with Gasteiger partial charge in [-0.05, 0) is 19.0 Å². The Labute approximate surface area is 78.3 Å². The average Bonchev–Trinajstić information content (AvgIpc) is 2.43. The summed E-state index contributed by atoms with van der Waals surface area (Å²) in [5.74, 6) is -0.488. The Bertz CT molecular complexity index is 317. The third kappa shape index (κ3) is 1.89. The zero-order valence-corrected chi connectivity index (χ0v) is 7.27. The molecule has 0 aromatic carbocycles. The molecule has 1 aliphatic rings. The Hall–Kier alpha value is -1.04. The van der Waals surface area contributed by atoms with Crippen LogP contribution in [-0.2, 0) is 12.6 Å². The Morgan fingerprint density at radius 3 is 2.64 bits per heavy atom. The van der Waals surface area contributed by atoms with Crippen molar-refractivity contribution >= 4 is 0 Å². The summed E-state index contributed by atoms with van der Waals surface area (Å²) in [5.41, 5.74) is 0.